The summed E-state index contributed by atoms with van der Waals surface area (Å²) in [5.74, 6) is 0.384. The fourth-order valence-corrected chi connectivity index (χ4v) is 4.30. The zero-order valence-corrected chi connectivity index (χ0v) is 20.0. The molecule has 1 aliphatic rings. The van der Waals surface area contributed by atoms with E-state index in [4.69, 9.17) is 9.47 Å². The van der Waals surface area contributed by atoms with Gasteiger partial charge in [0.1, 0.15) is 17.7 Å². The predicted molar refractivity (Wildman–Crippen MR) is 126 cm³/mol. The first-order chi connectivity index (χ1) is 16.5. The van der Waals surface area contributed by atoms with E-state index in [0.29, 0.717) is 51.6 Å². The largest absolute Gasteiger partial charge is 0.379 e. The molecule has 186 valence electrons. The molecule has 1 atom stereocenters. The smallest absolute Gasteiger partial charge is 0.245 e. The Morgan fingerprint density at radius 2 is 1.91 bits per heavy atom. The average molecular weight is 475 g/mol. The molecular formula is C25H35FN4O4. The minimum absolute atomic E-state index is 0.124. The van der Waals surface area contributed by atoms with Gasteiger partial charge in [-0.2, -0.15) is 0 Å². The number of aromatic nitrogens is 2. The van der Waals surface area contributed by atoms with E-state index in [0.717, 1.165) is 18.7 Å². The van der Waals surface area contributed by atoms with Gasteiger partial charge in [0, 0.05) is 57.9 Å². The Bertz CT molecular complexity index is 927. The highest BCUT2D eigenvalue weighted by Crippen LogP contribution is 2.27. The number of piperidine rings is 1. The second kappa shape index (κ2) is 13.2. The third-order valence-electron chi connectivity index (χ3n) is 6.03. The van der Waals surface area contributed by atoms with Crippen LogP contribution >= 0.6 is 0 Å². The van der Waals surface area contributed by atoms with Crippen molar-refractivity contribution in [2.75, 3.05) is 39.5 Å². The molecule has 1 aromatic carbocycles. The number of ether oxygens (including phenoxy) is 2. The number of hydrogen-bond acceptors (Lipinski definition) is 5. The Morgan fingerprint density at radius 1 is 1.18 bits per heavy atom. The molecule has 9 heteroatoms. The van der Waals surface area contributed by atoms with Crippen molar-refractivity contribution in [2.24, 2.45) is 0 Å². The number of amides is 2. The minimum Gasteiger partial charge on any atom is -0.379 e. The topological polar surface area (TPSA) is 85.7 Å². The van der Waals surface area contributed by atoms with Gasteiger partial charge in [-0.05, 0) is 31.4 Å². The predicted octanol–water partition coefficient (Wildman–Crippen LogP) is 2.53. The van der Waals surface area contributed by atoms with Gasteiger partial charge in [-0.3, -0.25) is 9.59 Å². The number of likely N-dealkylation sites (tertiary alicyclic amines) is 1. The Kier molecular flexibility index (Phi) is 10.0. The van der Waals surface area contributed by atoms with Crippen molar-refractivity contribution in [3.05, 3.63) is 53.9 Å². The number of nitrogens with one attached hydrogen (secondary N) is 1. The minimum atomic E-state index is -0.790. The molecule has 8 nitrogen and oxygen atoms in total. The first kappa shape index (κ1) is 25.8. The molecule has 1 N–H and O–H groups in total. The molecule has 0 aliphatic carbocycles. The van der Waals surface area contributed by atoms with E-state index >= 15 is 0 Å². The van der Waals surface area contributed by atoms with Crippen LogP contribution < -0.4 is 5.32 Å². The second-order valence-electron chi connectivity index (χ2n) is 8.44. The maximum Gasteiger partial charge on any atom is 0.245 e. The summed E-state index contributed by atoms with van der Waals surface area (Å²) < 4.78 is 27.2. The number of carbonyl (C=O) groups is 2. The van der Waals surface area contributed by atoms with Crippen LogP contribution in [0.1, 0.15) is 44.0 Å². The van der Waals surface area contributed by atoms with Crippen molar-refractivity contribution < 1.29 is 23.5 Å². The summed E-state index contributed by atoms with van der Waals surface area (Å²) in [6.45, 7) is 7.61. The van der Waals surface area contributed by atoms with E-state index in [2.05, 4.69) is 14.9 Å². The van der Waals surface area contributed by atoms with E-state index in [-0.39, 0.29) is 30.0 Å². The molecule has 1 saturated heterocycles. The number of halogens is 1. The first-order valence-corrected chi connectivity index (χ1v) is 11.9. The summed E-state index contributed by atoms with van der Waals surface area (Å²) in [7, 11) is 0. The zero-order valence-electron chi connectivity index (χ0n) is 20.0. The molecule has 2 amide bonds. The van der Waals surface area contributed by atoms with E-state index < -0.39 is 6.04 Å². The third-order valence-corrected chi connectivity index (χ3v) is 6.03. The van der Waals surface area contributed by atoms with E-state index in [1.165, 1.54) is 13.0 Å². The number of nitrogens with zero attached hydrogens (tertiary/aromatic N) is 3. The number of rotatable bonds is 12. The molecule has 0 saturated carbocycles. The molecule has 3 rings (SSSR count). The van der Waals surface area contributed by atoms with Gasteiger partial charge in [0.2, 0.25) is 11.8 Å². The first-order valence-electron chi connectivity index (χ1n) is 11.9. The number of imidazole rings is 1. The van der Waals surface area contributed by atoms with E-state index in [1.807, 2.05) is 13.1 Å². The lowest BCUT2D eigenvalue weighted by atomic mass is 9.94. The lowest BCUT2D eigenvalue weighted by Crippen LogP contribution is -2.51. The summed E-state index contributed by atoms with van der Waals surface area (Å²) in [5.41, 5.74) is 0.412. The van der Waals surface area contributed by atoms with E-state index in [9.17, 15) is 14.0 Å². The summed E-state index contributed by atoms with van der Waals surface area (Å²) in [6.07, 6.45) is 5.44. The van der Waals surface area contributed by atoms with Gasteiger partial charge in [-0.1, -0.05) is 18.2 Å². The SMILES string of the molecule is CCOCCOCCn1ccnc1C1CCN(C(=O)C(Cc2ccccc2F)NC(C)=O)CC1. The van der Waals surface area contributed by atoms with Crippen molar-refractivity contribution in [3.63, 3.8) is 0 Å². The number of hydrogen-bond donors (Lipinski definition) is 1. The molecule has 1 aliphatic heterocycles. The molecule has 0 spiro atoms. The maximum atomic E-state index is 14.1. The average Bonchev–Trinajstić information content (AvgIpc) is 3.30. The van der Waals surface area contributed by atoms with Gasteiger partial charge in [0.15, 0.2) is 0 Å². The van der Waals surface area contributed by atoms with Crippen molar-refractivity contribution in [1.29, 1.82) is 0 Å². The summed E-state index contributed by atoms with van der Waals surface area (Å²) >= 11 is 0. The standard InChI is InChI=1S/C25H35FN4O4/c1-3-33-16-17-34-15-14-29-13-10-27-24(29)20-8-11-30(12-9-20)25(32)23(28-19(2)31)18-21-6-4-5-7-22(21)26/h4-7,10,13,20,23H,3,8-9,11-12,14-18H2,1-2H3,(H,28,31). The summed E-state index contributed by atoms with van der Waals surface area (Å²) in [4.78, 5) is 31.2. The summed E-state index contributed by atoms with van der Waals surface area (Å²) in [6, 6.07) is 5.55. The van der Waals surface area contributed by atoms with Gasteiger partial charge in [-0.15, -0.1) is 0 Å². The third kappa shape index (κ3) is 7.36. The highest BCUT2D eigenvalue weighted by Gasteiger charge is 2.31. The molecule has 34 heavy (non-hydrogen) atoms. The zero-order chi connectivity index (χ0) is 24.3. The highest BCUT2D eigenvalue weighted by molar-refractivity contribution is 5.87. The van der Waals surface area contributed by atoms with Crippen LogP contribution in [0.5, 0.6) is 0 Å². The lowest BCUT2D eigenvalue weighted by molar-refractivity contribution is -0.137. The monoisotopic (exact) mass is 474 g/mol. The molecule has 2 aromatic rings. The van der Waals surface area contributed by atoms with Crippen LogP contribution in [0.2, 0.25) is 0 Å². The van der Waals surface area contributed by atoms with E-state index in [1.54, 1.807) is 29.3 Å². The molecule has 1 fully saturated rings. The Morgan fingerprint density at radius 3 is 2.62 bits per heavy atom. The Labute approximate surface area is 200 Å². The fraction of sp³-hybridized carbons (Fsp3) is 0.560. The van der Waals surface area contributed by atoms with Gasteiger partial charge in [0.05, 0.1) is 19.8 Å². The van der Waals surface area contributed by atoms with Crippen molar-refractivity contribution in [2.45, 2.75) is 51.6 Å². The Hall–Kier alpha value is -2.78. The van der Waals surface area contributed by atoms with Crippen LogP contribution in [-0.2, 0) is 32.0 Å². The van der Waals surface area contributed by atoms with Crippen LogP contribution in [0.25, 0.3) is 0 Å². The van der Waals surface area contributed by atoms with Crippen molar-refractivity contribution in [3.8, 4) is 0 Å². The quantitative estimate of drug-likeness (QED) is 0.478. The fourth-order valence-electron chi connectivity index (χ4n) is 4.30. The molecule has 0 bridgehead atoms. The summed E-state index contributed by atoms with van der Waals surface area (Å²) in [5, 5.41) is 2.71. The maximum absolute atomic E-state index is 14.1. The van der Waals surface area contributed by atoms with Gasteiger partial charge >= 0.3 is 0 Å². The number of benzene rings is 1. The van der Waals surface area contributed by atoms with Gasteiger partial charge < -0.3 is 24.3 Å². The normalized spacial score (nSPS) is 15.3. The van der Waals surface area contributed by atoms with Crippen molar-refractivity contribution >= 4 is 11.8 Å². The van der Waals surface area contributed by atoms with Crippen LogP contribution in [0.4, 0.5) is 4.39 Å². The van der Waals surface area contributed by atoms with Gasteiger partial charge in [0.25, 0.3) is 0 Å². The van der Waals surface area contributed by atoms with Gasteiger partial charge in [-0.25, -0.2) is 9.37 Å². The van der Waals surface area contributed by atoms with Crippen LogP contribution in [0, 0.1) is 5.82 Å². The Balaban J connectivity index is 1.54. The molecular weight excluding hydrogens is 439 g/mol. The second-order valence-corrected chi connectivity index (χ2v) is 8.44. The number of carbonyl (C=O) groups excluding carboxylic acids is 2. The molecule has 1 unspecified atom stereocenters. The molecule has 2 heterocycles. The molecule has 1 aromatic heterocycles. The lowest BCUT2D eigenvalue weighted by Gasteiger charge is -2.34. The van der Waals surface area contributed by atoms with Crippen molar-refractivity contribution in [1.82, 2.24) is 19.8 Å². The molecule has 0 radical (unpaired) electrons. The van der Waals surface area contributed by atoms with Crippen LogP contribution in [0.3, 0.4) is 0 Å². The van der Waals surface area contributed by atoms with Crippen LogP contribution in [-0.4, -0.2) is 71.8 Å². The van der Waals surface area contributed by atoms with Crippen LogP contribution in [0.15, 0.2) is 36.7 Å². The highest BCUT2D eigenvalue weighted by atomic mass is 19.1.